The van der Waals surface area contributed by atoms with Gasteiger partial charge in [0.25, 0.3) is 0 Å². The summed E-state index contributed by atoms with van der Waals surface area (Å²) in [7, 11) is 1.33. The van der Waals surface area contributed by atoms with Crippen LogP contribution in [-0.2, 0) is 0 Å². The number of rotatable bonds is 3. The minimum absolute atomic E-state index is 0.0144. The van der Waals surface area contributed by atoms with Crippen molar-refractivity contribution in [2.24, 2.45) is 0 Å². The predicted octanol–water partition coefficient (Wildman–Crippen LogP) is 3.06. The second-order valence-electron chi connectivity index (χ2n) is 3.79. The average Bonchev–Trinajstić information content (AvgIpc) is 2.39. The van der Waals surface area contributed by atoms with Gasteiger partial charge in [0.1, 0.15) is 11.9 Å². The second kappa shape index (κ2) is 5.14. The molecule has 94 valence electrons. The van der Waals surface area contributed by atoms with Gasteiger partial charge in [-0.2, -0.15) is 0 Å². The molecule has 0 spiro atoms. The van der Waals surface area contributed by atoms with Crippen LogP contribution < -0.4 is 4.74 Å². The van der Waals surface area contributed by atoms with Gasteiger partial charge in [-0.15, -0.1) is 0 Å². The Labute approximate surface area is 103 Å². The Morgan fingerprint density at radius 1 is 1.00 bits per heavy atom. The fraction of sp³-hybridized carbons (Fsp3) is 0.143. The first kappa shape index (κ1) is 12.5. The van der Waals surface area contributed by atoms with Crippen LogP contribution in [0.1, 0.15) is 17.2 Å². The van der Waals surface area contributed by atoms with Gasteiger partial charge in [-0.25, -0.2) is 8.78 Å². The molecule has 0 bridgehead atoms. The van der Waals surface area contributed by atoms with Gasteiger partial charge in [0.15, 0.2) is 11.6 Å². The average molecular weight is 250 g/mol. The van der Waals surface area contributed by atoms with Gasteiger partial charge in [-0.3, -0.25) is 0 Å². The largest absolute Gasteiger partial charge is 0.494 e. The SMILES string of the molecule is COc1cccc(C(O)c2ccccc2F)c1F. The van der Waals surface area contributed by atoms with Gasteiger partial charge in [0.2, 0.25) is 0 Å². The predicted molar refractivity (Wildman–Crippen MR) is 63.4 cm³/mol. The molecule has 2 aromatic carbocycles. The molecule has 0 radical (unpaired) electrons. The first-order valence-electron chi connectivity index (χ1n) is 5.40. The normalized spacial score (nSPS) is 12.2. The van der Waals surface area contributed by atoms with E-state index in [0.717, 1.165) is 0 Å². The van der Waals surface area contributed by atoms with Crippen LogP contribution in [0, 0.1) is 11.6 Å². The monoisotopic (exact) mass is 250 g/mol. The molecule has 0 amide bonds. The minimum atomic E-state index is -1.36. The van der Waals surface area contributed by atoms with Crippen molar-refractivity contribution in [3.05, 3.63) is 65.2 Å². The Morgan fingerprint density at radius 2 is 1.67 bits per heavy atom. The maximum atomic E-state index is 13.9. The van der Waals surface area contributed by atoms with E-state index in [9.17, 15) is 13.9 Å². The zero-order valence-corrected chi connectivity index (χ0v) is 9.73. The summed E-state index contributed by atoms with van der Waals surface area (Å²) in [6.07, 6.45) is -1.36. The lowest BCUT2D eigenvalue weighted by molar-refractivity contribution is 0.208. The number of hydrogen-bond acceptors (Lipinski definition) is 2. The number of hydrogen-bond donors (Lipinski definition) is 1. The van der Waals surface area contributed by atoms with Crippen LogP contribution in [0.2, 0.25) is 0 Å². The summed E-state index contributed by atoms with van der Waals surface area (Å²) in [5.41, 5.74) is 0.0177. The lowest BCUT2D eigenvalue weighted by Crippen LogP contribution is -2.05. The van der Waals surface area contributed by atoms with Crippen molar-refractivity contribution in [3.63, 3.8) is 0 Å². The summed E-state index contributed by atoms with van der Waals surface area (Å²) in [4.78, 5) is 0. The van der Waals surface area contributed by atoms with Crippen molar-refractivity contribution in [1.29, 1.82) is 0 Å². The quantitative estimate of drug-likeness (QED) is 0.907. The van der Waals surface area contributed by atoms with Crippen molar-refractivity contribution in [3.8, 4) is 5.75 Å². The van der Waals surface area contributed by atoms with Crippen molar-refractivity contribution < 1.29 is 18.6 Å². The summed E-state index contributed by atoms with van der Waals surface area (Å²) in [6.45, 7) is 0. The molecule has 0 heterocycles. The third-order valence-electron chi connectivity index (χ3n) is 2.71. The smallest absolute Gasteiger partial charge is 0.171 e. The minimum Gasteiger partial charge on any atom is -0.494 e. The van der Waals surface area contributed by atoms with Crippen molar-refractivity contribution in [2.45, 2.75) is 6.10 Å². The summed E-state index contributed by atoms with van der Waals surface area (Å²) >= 11 is 0. The highest BCUT2D eigenvalue weighted by Gasteiger charge is 2.20. The molecule has 18 heavy (non-hydrogen) atoms. The van der Waals surface area contributed by atoms with Gasteiger partial charge in [0.05, 0.1) is 7.11 Å². The molecule has 4 heteroatoms. The van der Waals surface area contributed by atoms with E-state index in [0.29, 0.717) is 0 Å². The van der Waals surface area contributed by atoms with E-state index in [4.69, 9.17) is 4.74 Å². The van der Waals surface area contributed by atoms with Gasteiger partial charge < -0.3 is 9.84 Å². The third-order valence-corrected chi connectivity index (χ3v) is 2.71. The molecule has 2 rings (SSSR count). The van der Waals surface area contributed by atoms with Crippen LogP contribution in [0.15, 0.2) is 42.5 Å². The second-order valence-corrected chi connectivity index (χ2v) is 3.79. The van der Waals surface area contributed by atoms with Crippen molar-refractivity contribution in [1.82, 2.24) is 0 Å². The molecule has 0 aliphatic heterocycles. The summed E-state index contributed by atoms with van der Waals surface area (Å²) in [5.74, 6) is -1.24. The van der Waals surface area contributed by atoms with Gasteiger partial charge in [-0.1, -0.05) is 30.3 Å². The third kappa shape index (κ3) is 2.19. The highest BCUT2D eigenvalue weighted by Crippen LogP contribution is 2.30. The molecule has 2 aromatic rings. The van der Waals surface area contributed by atoms with Crippen LogP contribution >= 0.6 is 0 Å². The number of benzene rings is 2. The standard InChI is InChI=1S/C14H12F2O2/c1-18-12-8-4-6-10(13(12)16)14(17)9-5-2-3-7-11(9)15/h2-8,14,17H,1H3. The van der Waals surface area contributed by atoms with Crippen LogP contribution in [0.4, 0.5) is 8.78 Å². The molecule has 0 aliphatic rings. The van der Waals surface area contributed by atoms with Crippen LogP contribution in [-0.4, -0.2) is 12.2 Å². The highest BCUT2D eigenvalue weighted by molar-refractivity contribution is 5.37. The number of ether oxygens (including phenoxy) is 1. The molecule has 1 unspecified atom stereocenters. The number of aliphatic hydroxyl groups excluding tert-OH is 1. The Morgan fingerprint density at radius 3 is 2.33 bits per heavy atom. The van der Waals surface area contributed by atoms with E-state index in [1.165, 1.54) is 37.4 Å². The van der Waals surface area contributed by atoms with Crippen LogP contribution in [0.25, 0.3) is 0 Å². The van der Waals surface area contributed by atoms with Crippen LogP contribution in [0.3, 0.4) is 0 Å². The molecular formula is C14H12F2O2. The van der Waals surface area contributed by atoms with E-state index < -0.39 is 17.7 Å². The summed E-state index contributed by atoms with van der Waals surface area (Å²) < 4.78 is 32.3. The fourth-order valence-corrected chi connectivity index (χ4v) is 1.76. The maximum Gasteiger partial charge on any atom is 0.171 e. The Kier molecular flexibility index (Phi) is 3.58. The summed E-state index contributed by atoms with van der Waals surface area (Å²) in [5, 5.41) is 10.0. The van der Waals surface area contributed by atoms with E-state index in [-0.39, 0.29) is 16.9 Å². The first-order chi connectivity index (χ1) is 8.65. The van der Waals surface area contributed by atoms with Gasteiger partial charge in [-0.05, 0) is 12.1 Å². The van der Waals surface area contributed by atoms with E-state index in [2.05, 4.69) is 0 Å². The highest BCUT2D eigenvalue weighted by atomic mass is 19.1. The zero-order chi connectivity index (χ0) is 13.1. The Hall–Kier alpha value is -1.94. The molecule has 0 saturated carbocycles. The zero-order valence-electron chi connectivity index (χ0n) is 9.73. The van der Waals surface area contributed by atoms with Gasteiger partial charge in [0, 0.05) is 11.1 Å². The van der Waals surface area contributed by atoms with Crippen molar-refractivity contribution >= 4 is 0 Å². The number of aliphatic hydroxyl groups is 1. The number of halogens is 2. The fourth-order valence-electron chi connectivity index (χ4n) is 1.76. The lowest BCUT2D eigenvalue weighted by atomic mass is 10.0. The topological polar surface area (TPSA) is 29.5 Å². The summed E-state index contributed by atoms with van der Waals surface area (Å²) in [6, 6.07) is 10.1. The molecular weight excluding hydrogens is 238 g/mol. The molecule has 2 nitrogen and oxygen atoms in total. The molecule has 0 aromatic heterocycles. The number of methoxy groups -OCH3 is 1. The molecule has 1 atom stereocenters. The Balaban J connectivity index is 2.47. The lowest BCUT2D eigenvalue weighted by Gasteiger charge is -2.14. The van der Waals surface area contributed by atoms with Crippen LogP contribution in [0.5, 0.6) is 5.75 Å². The molecule has 0 fully saturated rings. The maximum absolute atomic E-state index is 13.9. The molecule has 0 saturated heterocycles. The van der Waals surface area contributed by atoms with E-state index in [1.807, 2.05) is 0 Å². The Bertz CT molecular complexity index is 555. The molecule has 0 aliphatic carbocycles. The van der Waals surface area contributed by atoms with E-state index in [1.54, 1.807) is 12.1 Å². The first-order valence-corrected chi connectivity index (χ1v) is 5.40. The van der Waals surface area contributed by atoms with Crippen molar-refractivity contribution in [2.75, 3.05) is 7.11 Å². The van der Waals surface area contributed by atoms with E-state index >= 15 is 0 Å². The van der Waals surface area contributed by atoms with Gasteiger partial charge >= 0.3 is 0 Å². The molecule has 1 N–H and O–H groups in total.